The van der Waals surface area contributed by atoms with Crippen LogP contribution in [-0.4, -0.2) is 39.7 Å². The van der Waals surface area contributed by atoms with Crippen LogP contribution >= 0.6 is 23.1 Å². The number of benzene rings is 1. The number of fused-ring (bicyclic) bond motifs is 1. The molecule has 2 aromatic heterocycles. The lowest BCUT2D eigenvalue weighted by molar-refractivity contribution is -0.113. The molecule has 0 saturated carbocycles. The van der Waals surface area contributed by atoms with Gasteiger partial charge in [-0.05, 0) is 42.4 Å². The quantitative estimate of drug-likeness (QED) is 0.420. The number of carbonyl (C=O) groups excluding carboxylic acids is 1. The van der Waals surface area contributed by atoms with Crippen molar-refractivity contribution >= 4 is 50.2 Å². The van der Waals surface area contributed by atoms with Gasteiger partial charge in [0.2, 0.25) is 5.91 Å². The smallest absolute Gasteiger partial charge is 0.234 e. The number of hydrogen-bond acceptors (Lipinski definition) is 7. The Hall–Kier alpha value is -2.19. The lowest BCUT2D eigenvalue weighted by Gasteiger charge is -2.30. The summed E-state index contributed by atoms with van der Waals surface area (Å²) in [6, 6.07) is 8.02. The molecule has 1 amide bonds. The number of piperidine rings is 1. The molecule has 0 radical (unpaired) electrons. The molecule has 1 fully saturated rings. The summed E-state index contributed by atoms with van der Waals surface area (Å²) in [5.41, 5.74) is 2.79. The van der Waals surface area contributed by atoms with Crippen molar-refractivity contribution in [1.29, 1.82) is 0 Å². The van der Waals surface area contributed by atoms with Gasteiger partial charge in [-0.25, -0.2) is 9.97 Å². The van der Waals surface area contributed by atoms with Crippen LogP contribution in [-0.2, 0) is 4.79 Å². The summed E-state index contributed by atoms with van der Waals surface area (Å²) in [4.78, 5) is 28.3. The second-order valence-corrected chi connectivity index (χ2v) is 10.1. The SMILES string of the molecule is CC1CCCN(c2nc3ncnc(SCC(=O)Nc4ccc(C(C)C)cc4)c3s2)C1. The average Bonchev–Trinajstić information content (AvgIpc) is 3.18. The number of nitrogens with one attached hydrogen (secondary N) is 1. The maximum atomic E-state index is 12.4. The number of aromatic nitrogens is 3. The fourth-order valence-electron chi connectivity index (χ4n) is 3.61. The van der Waals surface area contributed by atoms with Crippen molar-refractivity contribution in [2.75, 3.05) is 29.1 Å². The van der Waals surface area contributed by atoms with Crippen LogP contribution in [0.4, 0.5) is 10.8 Å². The lowest BCUT2D eigenvalue weighted by Crippen LogP contribution is -2.34. The predicted molar refractivity (Wildman–Crippen MR) is 126 cm³/mol. The Morgan fingerprint density at radius 2 is 2.10 bits per heavy atom. The molecule has 1 saturated heterocycles. The number of hydrogen-bond donors (Lipinski definition) is 1. The molecule has 1 atom stereocenters. The number of thiazole rings is 1. The van der Waals surface area contributed by atoms with Crippen LogP contribution in [0.25, 0.3) is 10.3 Å². The van der Waals surface area contributed by atoms with Crippen molar-refractivity contribution in [3.05, 3.63) is 36.2 Å². The van der Waals surface area contributed by atoms with Crippen LogP contribution in [0.2, 0.25) is 0 Å². The third-order valence-electron chi connectivity index (χ3n) is 5.28. The number of carbonyl (C=O) groups is 1. The Morgan fingerprint density at radius 1 is 1.30 bits per heavy atom. The first-order chi connectivity index (χ1) is 14.5. The highest BCUT2D eigenvalue weighted by Crippen LogP contribution is 2.35. The van der Waals surface area contributed by atoms with E-state index in [1.165, 1.54) is 36.5 Å². The van der Waals surface area contributed by atoms with Gasteiger partial charge in [-0.2, -0.15) is 4.98 Å². The van der Waals surface area contributed by atoms with E-state index in [2.05, 4.69) is 53.1 Å². The summed E-state index contributed by atoms with van der Waals surface area (Å²) in [6.07, 6.45) is 4.01. The molecular weight excluding hydrogens is 414 g/mol. The highest BCUT2D eigenvalue weighted by molar-refractivity contribution is 8.00. The molecule has 1 N–H and O–H groups in total. The summed E-state index contributed by atoms with van der Waals surface area (Å²) in [5.74, 6) is 1.41. The van der Waals surface area contributed by atoms with E-state index >= 15 is 0 Å². The molecule has 0 bridgehead atoms. The van der Waals surface area contributed by atoms with Gasteiger partial charge in [0.15, 0.2) is 10.8 Å². The van der Waals surface area contributed by atoms with Gasteiger partial charge in [0, 0.05) is 18.8 Å². The molecule has 0 aliphatic carbocycles. The van der Waals surface area contributed by atoms with E-state index in [9.17, 15) is 4.79 Å². The van der Waals surface area contributed by atoms with Gasteiger partial charge in [-0.15, -0.1) is 0 Å². The van der Waals surface area contributed by atoms with Crippen LogP contribution in [0.15, 0.2) is 35.6 Å². The first kappa shape index (κ1) is 21.1. The summed E-state index contributed by atoms with van der Waals surface area (Å²) in [6.45, 7) is 8.67. The molecule has 1 aliphatic rings. The molecule has 1 aliphatic heterocycles. The summed E-state index contributed by atoms with van der Waals surface area (Å²) < 4.78 is 0.963. The maximum Gasteiger partial charge on any atom is 0.234 e. The molecule has 0 spiro atoms. The molecular formula is C22H27N5OS2. The van der Waals surface area contributed by atoms with E-state index < -0.39 is 0 Å². The summed E-state index contributed by atoms with van der Waals surface area (Å²) >= 11 is 3.06. The van der Waals surface area contributed by atoms with E-state index in [1.54, 1.807) is 11.3 Å². The number of rotatable bonds is 6. The zero-order chi connectivity index (χ0) is 21.1. The molecule has 4 rings (SSSR count). The average molecular weight is 442 g/mol. The number of thioether (sulfide) groups is 1. The normalized spacial score (nSPS) is 16.9. The first-order valence-electron chi connectivity index (χ1n) is 10.4. The minimum Gasteiger partial charge on any atom is -0.348 e. The lowest BCUT2D eigenvalue weighted by atomic mass is 10.0. The molecule has 30 heavy (non-hydrogen) atoms. The van der Waals surface area contributed by atoms with Crippen molar-refractivity contribution in [3.8, 4) is 0 Å². The van der Waals surface area contributed by atoms with Crippen LogP contribution < -0.4 is 10.2 Å². The zero-order valence-electron chi connectivity index (χ0n) is 17.6. The molecule has 1 unspecified atom stereocenters. The van der Waals surface area contributed by atoms with Crippen molar-refractivity contribution in [2.45, 2.75) is 44.6 Å². The Morgan fingerprint density at radius 3 is 2.83 bits per heavy atom. The molecule has 1 aromatic carbocycles. The van der Waals surface area contributed by atoms with E-state index in [0.29, 0.717) is 17.6 Å². The fraction of sp³-hybridized carbons (Fsp3) is 0.455. The van der Waals surface area contributed by atoms with Gasteiger partial charge in [0.1, 0.15) is 16.1 Å². The number of anilines is 2. The maximum absolute atomic E-state index is 12.4. The van der Waals surface area contributed by atoms with E-state index in [1.807, 2.05) is 12.1 Å². The number of amides is 1. The Balaban J connectivity index is 1.41. The van der Waals surface area contributed by atoms with E-state index in [4.69, 9.17) is 4.98 Å². The highest BCUT2D eigenvalue weighted by Gasteiger charge is 2.21. The second kappa shape index (κ2) is 9.31. The number of nitrogens with zero attached hydrogens (tertiary/aromatic N) is 4. The second-order valence-electron chi connectivity index (χ2n) is 8.13. The third-order valence-corrected chi connectivity index (χ3v) is 7.51. The Bertz CT molecular complexity index is 1020. The highest BCUT2D eigenvalue weighted by atomic mass is 32.2. The van der Waals surface area contributed by atoms with Gasteiger partial charge in [0.25, 0.3) is 0 Å². The third kappa shape index (κ3) is 4.92. The predicted octanol–water partition coefficient (Wildman–Crippen LogP) is 5.18. The first-order valence-corrected chi connectivity index (χ1v) is 12.2. The van der Waals surface area contributed by atoms with Gasteiger partial charge >= 0.3 is 0 Å². The molecule has 8 heteroatoms. The van der Waals surface area contributed by atoms with Crippen molar-refractivity contribution in [3.63, 3.8) is 0 Å². The molecule has 3 aromatic rings. The Kier molecular flexibility index (Phi) is 6.53. The summed E-state index contributed by atoms with van der Waals surface area (Å²) in [7, 11) is 0. The van der Waals surface area contributed by atoms with Crippen molar-refractivity contribution in [1.82, 2.24) is 15.0 Å². The minimum absolute atomic E-state index is 0.0429. The van der Waals surface area contributed by atoms with Crippen molar-refractivity contribution in [2.24, 2.45) is 5.92 Å². The fourth-order valence-corrected chi connectivity index (χ4v) is 5.53. The van der Waals surface area contributed by atoms with E-state index in [0.717, 1.165) is 39.3 Å². The van der Waals surface area contributed by atoms with Gasteiger partial charge in [-0.1, -0.05) is 56.0 Å². The monoisotopic (exact) mass is 441 g/mol. The van der Waals surface area contributed by atoms with Gasteiger partial charge in [0.05, 0.1) is 5.75 Å². The zero-order valence-corrected chi connectivity index (χ0v) is 19.2. The van der Waals surface area contributed by atoms with Gasteiger partial charge in [-0.3, -0.25) is 4.79 Å². The van der Waals surface area contributed by atoms with Gasteiger partial charge < -0.3 is 10.2 Å². The molecule has 158 valence electrons. The minimum atomic E-state index is -0.0429. The van der Waals surface area contributed by atoms with Crippen molar-refractivity contribution < 1.29 is 4.79 Å². The largest absolute Gasteiger partial charge is 0.348 e. The van der Waals surface area contributed by atoms with Crippen LogP contribution in [0.3, 0.4) is 0 Å². The Labute approximate surface area is 185 Å². The van der Waals surface area contributed by atoms with Crippen LogP contribution in [0.5, 0.6) is 0 Å². The summed E-state index contributed by atoms with van der Waals surface area (Å²) in [5, 5.41) is 4.79. The van der Waals surface area contributed by atoms with Crippen LogP contribution in [0, 0.1) is 5.92 Å². The van der Waals surface area contributed by atoms with E-state index in [-0.39, 0.29) is 5.91 Å². The van der Waals surface area contributed by atoms with Crippen LogP contribution in [0.1, 0.15) is 45.1 Å². The standard InChI is InChI=1S/C22H27N5OS2/c1-14(2)16-6-8-17(9-7-16)25-18(28)12-29-21-19-20(23-13-24-21)26-22(30-19)27-10-4-5-15(3)11-27/h6-9,13-15H,4-5,10-12H2,1-3H3,(H,25,28). The topological polar surface area (TPSA) is 71.0 Å². The molecule has 3 heterocycles. The molecule has 6 nitrogen and oxygen atoms in total.